The van der Waals surface area contributed by atoms with Gasteiger partial charge in [-0.25, -0.2) is 4.39 Å². The molecule has 0 bridgehead atoms. The fraction of sp³-hybridized carbons (Fsp3) is 0.312. The number of ketones is 1. The predicted octanol–water partition coefficient (Wildman–Crippen LogP) is 3.88. The Morgan fingerprint density at radius 3 is 2.29 bits per heavy atom. The highest BCUT2D eigenvalue weighted by Gasteiger charge is 2.39. The molecule has 0 aromatic heterocycles. The molecule has 1 saturated heterocycles. The third-order valence-corrected chi connectivity index (χ3v) is 7.51. The Hall–Kier alpha value is -4.57. The van der Waals surface area contributed by atoms with Crippen LogP contribution in [0.4, 0.5) is 21.5 Å². The van der Waals surface area contributed by atoms with Crippen molar-refractivity contribution in [3.8, 4) is 0 Å². The van der Waals surface area contributed by atoms with Crippen LogP contribution < -0.4 is 15.1 Å². The summed E-state index contributed by atoms with van der Waals surface area (Å²) in [6, 6.07) is 18.8. The third kappa shape index (κ3) is 6.18. The van der Waals surface area contributed by atoms with Gasteiger partial charge < -0.3 is 19.9 Å². The van der Waals surface area contributed by atoms with Gasteiger partial charge in [0, 0.05) is 31.0 Å². The Bertz CT molecular complexity index is 1470. The molecule has 42 heavy (non-hydrogen) atoms. The normalized spacial score (nSPS) is 15.5. The minimum absolute atomic E-state index is 0.00295. The van der Waals surface area contributed by atoms with Crippen LogP contribution in [0.1, 0.15) is 29.8 Å². The molecule has 1 N–H and O–H groups in total. The number of nitrogens with zero attached hydrogens (tertiary/aromatic N) is 3. The standard InChI is InChI=1S/C32H33FN4O5/c1-21(2)29(31(40)34-24-11-13-25(14-12-24)35-15-17-42-18-16-35)37(19-22-7-9-23(33)10-8-22)28(38)20-36-27-6-4-3-5-26(27)30(39)32(36)41/h3-14,21,29H,15-20H2,1-2H3,(H,34,40). The van der Waals surface area contributed by atoms with Crippen molar-refractivity contribution >= 4 is 40.6 Å². The highest BCUT2D eigenvalue weighted by molar-refractivity contribution is 6.52. The van der Waals surface area contributed by atoms with Crippen molar-refractivity contribution in [2.75, 3.05) is 48.0 Å². The molecule has 9 nitrogen and oxygen atoms in total. The van der Waals surface area contributed by atoms with Gasteiger partial charge in [0.1, 0.15) is 18.4 Å². The molecule has 1 atom stereocenters. The van der Waals surface area contributed by atoms with Crippen LogP contribution in [0, 0.1) is 11.7 Å². The molecular weight excluding hydrogens is 539 g/mol. The molecule has 0 radical (unpaired) electrons. The van der Waals surface area contributed by atoms with Gasteiger partial charge in [0.25, 0.3) is 11.7 Å². The monoisotopic (exact) mass is 572 g/mol. The van der Waals surface area contributed by atoms with Crippen molar-refractivity contribution in [1.82, 2.24) is 4.90 Å². The Balaban J connectivity index is 1.39. The minimum Gasteiger partial charge on any atom is -0.378 e. The van der Waals surface area contributed by atoms with E-state index < -0.39 is 41.9 Å². The number of benzene rings is 3. The topological polar surface area (TPSA) is 99.3 Å². The first-order valence-electron chi connectivity index (χ1n) is 14.0. The quantitative estimate of drug-likeness (QED) is 0.391. The number of Topliss-reactive ketones (excluding diaryl/α,β-unsaturated/α-hetero) is 1. The number of carbonyl (C=O) groups excluding carboxylic acids is 4. The van der Waals surface area contributed by atoms with Gasteiger partial charge in [-0.2, -0.15) is 0 Å². The van der Waals surface area contributed by atoms with Gasteiger partial charge in [-0.1, -0.05) is 38.1 Å². The minimum atomic E-state index is -0.926. The molecule has 218 valence electrons. The summed E-state index contributed by atoms with van der Waals surface area (Å²) in [5, 5.41) is 2.94. The first kappa shape index (κ1) is 28.9. The van der Waals surface area contributed by atoms with E-state index in [9.17, 15) is 23.6 Å². The van der Waals surface area contributed by atoms with Gasteiger partial charge in [-0.05, 0) is 60.0 Å². The van der Waals surface area contributed by atoms with Gasteiger partial charge in [-0.3, -0.25) is 24.1 Å². The number of nitrogens with one attached hydrogen (secondary N) is 1. The molecular formula is C32H33FN4O5. The Kier molecular flexibility index (Phi) is 8.63. The van der Waals surface area contributed by atoms with Crippen LogP contribution in [0.2, 0.25) is 0 Å². The fourth-order valence-electron chi connectivity index (χ4n) is 5.36. The number of carbonyl (C=O) groups is 4. The van der Waals surface area contributed by atoms with E-state index in [-0.39, 0.29) is 18.0 Å². The van der Waals surface area contributed by atoms with Crippen LogP contribution in [0.25, 0.3) is 0 Å². The first-order valence-corrected chi connectivity index (χ1v) is 14.0. The molecule has 0 spiro atoms. The first-order chi connectivity index (χ1) is 20.2. The van der Waals surface area contributed by atoms with E-state index in [1.165, 1.54) is 17.0 Å². The van der Waals surface area contributed by atoms with E-state index in [2.05, 4.69) is 10.2 Å². The molecule has 0 aliphatic carbocycles. The Labute approximate surface area is 243 Å². The van der Waals surface area contributed by atoms with E-state index >= 15 is 0 Å². The fourth-order valence-corrected chi connectivity index (χ4v) is 5.36. The van der Waals surface area contributed by atoms with Gasteiger partial charge in [0.05, 0.1) is 24.5 Å². The van der Waals surface area contributed by atoms with Crippen LogP contribution >= 0.6 is 0 Å². The second-order valence-electron chi connectivity index (χ2n) is 10.7. The SMILES string of the molecule is CC(C)C(C(=O)Nc1ccc(N2CCOCC2)cc1)N(Cc1ccc(F)cc1)C(=O)CN1C(=O)C(=O)c2ccccc21. The lowest BCUT2D eigenvalue weighted by atomic mass is 10.00. The van der Waals surface area contributed by atoms with Crippen LogP contribution in [0.3, 0.4) is 0 Å². The maximum absolute atomic E-state index is 13.9. The summed E-state index contributed by atoms with van der Waals surface area (Å²) in [4.78, 5) is 57.8. The predicted molar refractivity (Wildman–Crippen MR) is 157 cm³/mol. The highest BCUT2D eigenvalue weighted by Crippen LogP contribution is 2.29. The van der Waals surface area contributed by atoms with Crippen molar-refractivity contribution in [1.29, 1.82) is 0 Å². The smallest absolute Gasteiger partial charge is 0.299 e. The molecule has 2 aliphatic heterocycles. The number of rotatable bonds is 9. The lowest BCUT2D eigenvalue weighted by Gasteiger charge is -2.35. The van der Waals surface area contributed by atoms with E-state index in [1.54, 1.807) is 36.4 Å². The highest BCUT2D eigenvalue weighted by atomic mass is 19.1. The van der Waals surface area contributed by atoms with E-state index in [0.29, 0.717) is 30.2 Å². The molecule has 10 heteroatoms. The van der Waals surface area contributed by atoms with Gasteiger partial charge in [-0.15, -0.1) is 0 Å². The summed E-state index contributed by atoms with van der Waals surface area (Å²) >= 11 is 0. The Morgan fingerprint density at radius 2 is 1.62 bits per heavy atom. The number of fused-ring (bicyclic) bond motifs is 1. The zero-order valence-electron chi connectivity index (χ0n) is 23.6. The summed E-state index contributed by atoms with van der Waals surface area (Å²) in [6.07, 6.45) is 0. The van der Waals surface area contributed by atoms with Crippen LogP contribution in [0.15, 0.2) is 72.8 Å². The summed E-state index contributed by atoms with van der Waals surface area (Å²) in [5.41, 5.74) is 2.80. The number of anilines is 3. The van der Waals surface area contributed by atoms with Crippen molar-refractivity contribution in [2.45, 2.75) is 26.4 Å². The zero-order chi connectivity index (χ0) is 29.8. The second kappa shape index (κ2) is 12.5. The number of hydrogen-bond donors (Lipinski definition) is 1. The van der Waals surface area contributed by atoms with Crippen LogP contribution in [-0.2, 0) is 25.7 Å². The molecule has 1 unspecified atom stereocenters. The lowest BCUT2D eigenvalue weighted by Crippen LogP contribution is -2.53. The molecule has 5 rings (SSSR count). The summed E-state index contributed by atoms with van der Waals surface area (Å²) in [6.45, 7) is 6.14. The van der Waals surface area contributed by atoms with Gasteiger partial charge in [0.15, 0.2) is 0 Å². The number of ether oxygens (including phenoxy) is 1. The lowest BCUT2D eigenvalue weighted by molar-refractivity contribution is -0.140. The number of halogens is 1. The Morgan fingerprint density at radius 1 is 0.952 bits per heavy atom. The van der Waals surface area contributed by atoms with Crippen molar-refractivity contribution in [2.24, 2.45) is 5.92 Å². The average molecular weight is 573 g/mol. The molecule has 1 fully saturated rings. The maximum atomic E-state index is 13.9. The number of morpholine rings is 1. The molecule has 2 aliphatic rings. The molecule has 2 heterocycles. The molecule has 3 amide bonds. The molecule has 3 aromatic carbocycles. The zero-order valence-corrected chi connectivity index (χ0v) is 23.6. The number of para-hydroxylation sites is 1. The second-order valence-corrected chi connectivity index (χ2v) is 10.7. The summed E-state index contributed by atoms with van der Waals surface area (Å²) in [5.74, 6) is -3.13. The largest absolute Gasteiger partial charge is 0.378 e. The molecule has 0 saturated carbocycles. The van der Waals surface area contributed by atoms with Crippen molar-refractivity contribution < 1.29 is 28.3 Å². The van der Waals surface area contributed by atoms with Gasteiger partial charge in [0.2, 0.25) is 11.8 Å². The number of amides is 3. The summed E-state index contributed by atoms with van der Waals surface area (Å²) < 4.78 is 19.1. The maximum Gasteiger partial charge on any atom is 0.299 e. The van der Waals surface area contributed by atoms with Crippen LogP contribution in [0.5, 0.6) is 0 Å². The third-order valence-electron chi connectivity index (χ3n) is 7.51. The van der Waals surface area contributed by atoms with Crippen molar-refractivity contribution in [3.05, 3.63) is 89.7 Å². The van der Waals surface area contributed by atoms with E-state index in [0.717, 1.165) is 23.7 Å². The molecule has 3 aromatic rings. The van der Waals surface area contributed by atoms with E-state index in [1.807, 2.05) is 38.1 Å². The van der Waals surface area contributed by atoms with Gasteiger partial charge >= 0.3 is 0 Å². The van der Waals surface area contributed by atoms with Crippen molar-refractivity contribution in [3.63, 3.8) is 0 Å². The number of hydrogen-bond acceptors (Lipinski definition) is 6. The summed E-state index contributed by atoms with van der Waals surface area (Å²) in [7, 11) is 0. The average Bonchev–Trinajstić information content (AvgIpc) is 3.23. The van der Waals surface area contributed by atoms with Crippen LogP contribution in [-0.4, -0.2) is 67.3 Å². The van der Waals surface area contributed by atoms with E-state index in [4.69, 9.17) is 4.74 Å².